The molecule has 0 saturated heterocycles. The van der Waals surface area contributed by atoms with Crippen LogP contribution < -0.4 is 10.3 Å². The average Bonchev–Trinajstić information content (AvgIpc) is 2.58. The van der Waals surface area contributed by atoms with Gasteiger partial charge in [0.05, 0.1) is 22.1 Å². The van der Waals surface area contributed by atoms with Crippen LogP contribution in [0.5, 0.6) is 0 Å². The molecule has 0 radical (unpaired) electrons. The highest BCUT2D eigenvalue weighted by atomic mass is 35.5. The molecule has 0 spiro atoms. The molecule has 0 amide bonds. The number of nitrogens with zero attached hydrogens (tertiary/aromatic N) is 2. The molecule has 0 bridgehead atoms. The third-order valence-corrected chi connectivity index (χ3v) is 5.28. The molecule has 25 heavy (non-hydrogen) atoms. The first-order valence-corrected chi connectivity index (χ1v) is 9.13. The Morgan fingerprint density at radius 2 is 1.88 bits per heavy atom. The molecule has 1 N–H and O–H groups in total. The van der Waals surface area contributed by atoms with Crippen LogP contribution in [-0.2, 0) is 16.6 Å². The average molecular weight is 382 g/mol. The molecule has 0 saturated carbocycles. The zero-order chi connectivity index (χ0) is 18.0. The van der Waals surface area contributed by atoms with Gasteiger partial charge in [-0.3, -0.25) is 9.36 Å². The second-order valence-corrected chi connectivity index (χ2v) is 7.46. The van der Waals surface area contributed by atoms with E-state index in [1.807, 2.05) is 0 Å². The van der Waals surface area contributed by atoms with Crippen molar-refractivity contribution in [2.24, 2.45) is 0 Å². The molecule has 9 heteroatoms. The number of nitrogens with one attached hydrogen (secondary N) is 1. The number of aromatic nitrogens is 2. The van der Waals surface area contributed by atoms with E-state index in [1.54, 1.807) is 0 Å². The SMILES string of the molecule is O=c1c2cc(F)ccc2ncn1CCNS(=O)(=O)c1ccc(Cl)cc1. The van der Waals surface area contributed by atoms with E-state index in [4.69, 9.17) is 11.6 Å². The molecule has 0 atom stereocenters. The molecule has 2 aromatic carbocycles. The van der Waals surface area contributed by atoms with E-state index in [0.29, 0.717) is 10.5 Å². The lowest BCUT2D eigenvalue weighted by atomic mass is 10.2. The van der Waals surface area contributed by atoms with Crippen LogP contribution in [0, 0.1) is 5.82 Å². The highest BCUT2D eigenvalue weighted by molar-refractivity contribution is 7.89. The smallest absolute Gasteiger partial charge is 0.261 e. The molecule has 0 aliphatic carbocycles. The predicted molar refractivity (Wildman–Crippen MR) is 92.6 cm³/mol. The Hall–Kier alpha value is -2.29. The van der Waals surface area contributed by atoms with Crippen LogP contribution in [0.25, 0.3) is 10.9 Å². The van der Waals surface area contributed by atoms with Crippen molar-refractivity contribution in [2.45, 2.75) is 11.4 Å². The summed E-state index contributed by atoms with van der Waals surface area (Å²) in [6, 6.07) is 9.47. The summed E-state index contributed by atoms with van der Waals surface area (Å²) in [6.07, 6.45) is 1.30. The zero-order valence-corrected chi connectivity index (χ0v) is 14.4. The molecular formula is C16H13ClFN3O3S. The highest BCUT2D eigenvalue weighted by Crippen LogP contribution is 2.13. The van der Waals surface area contributed by atoms with Crippen molar-refractivity contribution in [1.29, 1.82) is 0 Å². The third kappa shape index (κ3) is 3.87. The first-order valence-electron chi connectivity index (χ1n) is 7.27. The summed E-state index contributed by atoms with van der Waals surface area (Å²) in [5, 5.41) is 0.572. The summed E-state index contributed by atoms with van der Waals surface area (Å²) in [4.78, 5) is 16.5. The van der Waals surface area contributed by atoms with Gasteiger partial charge in [-0.25, -0.2) is 22.5 Å². The van der Waals surface area contributed by atoms with Gasteiger partial charge in [0, 0.05) is 18.1 Å². The van der Waals surface area contributed by atoms with Gasteiger partial charge >= 0.3 is 0 Å². The Bertz CT molecular complexity index is 1080. The fourth-order valence-electron chi connectivity index (χ4n) is 2.29. The lowest BCUT2D eigenvalue weighted by Gasteiger charge is -2.09. The summed E-state index contributed by atoms with van der Waals surface area (Å²) in [5.74, 6) is -0.535. The van der Waals surface area contributed by atoms with Gasteiger partial charge in [0.2, 0.25) is 10.0 Å². The van der Waals surface area contributed by atoms with Gasteiger partial charge in [-0.2, -0.15) is 0 Å². The van der Waals surface area contributed by atoms with Crippen LogP contribution >= 0.6 is 11.6 Å². The van der Waals surface area contributed by atoms with Crippen molar-refractivity contribution in [3.05, 3.63) is 70.0 Å². The Kier molecular flexibility index (Phi) is 4.85. The molecule has 3 aromatic rings. The highest BCUT2D eigenvalue weighted by Gasteiger charge is 2.13. The standard InChI is InChI=1S/C16H13ClFN3O3S/c17-11-1-4-13(5-2-11)25(23,24)20-7-8-21-10-19-15-6-3-12(18)9-14(15)16(21)22/h1-6,9-10,20H,7-8H2. The van der Waals surface area contributed by atoms with E-state index in [9.17, 15) is 17.6 Å². The first-order chi connectivity index (χ1) is 11.9. The minimum Gasteiger partial charge on any atom is -0.297 e. The Morgan fingerprint density at radius 3 is 2.60 bits per heavy atom. The first kappa shape index (κ1) is 17.5. The molecule has 6 nitrogen and oxygen atoms in total. The quantitative estimate of drug-likeness (QED) is 0.734. The Morgan fingerprint density at radius 1 is 1.16 bits per heavy atom. The number of hydrogen-bond donors (Lipinski definition) is 1. The molecule has 0 fully saturated rings. The molecule has 0 unspecified atom stereocenters. The van der Waals surface area contributed by atoms with Crippen molar-refractivity contribution in [1.82, 2.24) is 14.3 Å². The van der Waals surface area contributed by atoms with Crippen molar-refractivity contribution < 1.29 is 12.8 Å². The number of hydrogen-bond acceptors (Lipinski definition) is 4. The summed E-state index contributed by atoms with van der Waals surface area (Å²) in [5.41, 5.74) is -0.0559. The number of benzene rings is 2. The van der Waals surface area contributed by atoms with Crippen molar-refractivity contribution in [3.8, 4) is 0 Å². The van der Waals surface area contributed by atoms with Gasteiger partial charge in [0.1, 0.15) is 5.82 Å². The van der Waals surface area contributed by atoms with E-state index >= 15 is 0 Å². The van der Waals surface area contributed by atoms with Gasteiger partial charge in [0.25, 0.3) is 5.56 Å². The topological polar surface area (TPSA) is 81.1 Å². The summed E-state index contributed by atoms with van der Waals surface area (Å²) in [6.45, 7) is 0.0402. The van der Waals surface area contributed by atoms with Crippen molar-refractivity contribution in [3.63, 3.8) is 0 Å². The number of sulfonamides is 1. The van der Waals surface area contributed by atoms with E-state index in [0.717, 1.165) is 6.07 Å². The van der Waals surface area contributed by atoms with Crippen LogP contribution in [0.2, 0.25) is 5.02 Å². The maximum Gasteiger partial charge on any atom is 0.261 e. The fourth-order valence-corrected chi connectivity index (χ4v) is 3.44. The minimum absolute atomic E-state index is 0.0205. The molecular weight excluding hydrogens is 369 g/mol. The van der Waals surface area contributed by atoms with Gasteiger partial charge in [-0.1, -0.05) is 11.6 Å². The van der Waals surface area contributed by atoms with Gasteiger partial charge < -0.3 is 0 Å². The Balaban J connectivity index is 1.76. The largest absolute Gasteiger partial charge is 0.297 e. The van der Waals surface area contributed by atoms with Gasteiger partial charge in [-0.05, 0) is 42.5 Å². The lowest BCUT2D eigenvalue weighted by molar-refractivity contribution is 0.569. The molecule has 0 aliphatic heterocycles. The molecule has 1 heterocycles. The van der Waals surface area contributed by atoms with Gasteiger partial charge in [0.15, 0.2) is 0 Å². The molecule has 1 aromatic heterocycles. The molecule has 0 aliphatic rings. The monoisotopic (exact) mass is 381 g/mol. The summed E-state index contributed by atoms with van der Waals surface area (Å²) < 4.78 is 41.3. The Labute approximate surface area is 147 Å². The predicted octanol–water partition coefficient (Wildman–Crippen LogP) is 2.17. The minimum atomic E-state index is -3.71. The van der Waals surface area contributed by atoms with Crippen molar-refractivity contribution >= 4 is 32.5 Å². The van der Waals surface area contributed by atoms with Gasteiger partial charge in [-0.15, -0.1) is 0 Å². The van der Waals surface area contributed by atoms with E-state index in [1.165, 1.54) is 47.3 Å². The summed E-state index contributed by atoms with van der Waals surface area (Å²) >= 11 is 5.74. The second-order valence-electron chi connectivity index (χ2n) is 5.26. The summed E-state index contributed by atoms with van der Waals surface area (Å²) in [7, 11) is -3.71. The van der Waals surface area contributed by atoms with Crippen molar-refractivity contribution in [2.75, 3.05) is 6.54 Å². The van der Waals surface area contributed by atoms with E-state index < -0.39 is 21.4 Å². The molecule has 130 valence electrons. The van der Waals surface area contributed by atoms with Crippen LogP contribution in [0.15, 0.2) is 58.5 Å². The number of halogens is 2. The fraction of sp³-hybridized carbons (Fsp3) is 0.125. The van der Waals surface area contributed by atoms with E-state index in [-0.39, 0.29) is 23.4 Å². The van der Waals surface area contributed by atoms with Crippen LogP contribution in [-0.4, -0.2) is 24.5 Å². The number of rotatable bonds is 5. The normalized spacial score (nSPS) is 11.8. The third-order valence-electron chi connectivity index (χ3n) is 3.55. The maximum absolute atomic E-state index is 13.3. The zero-order valence-electron chi connectivity index (χ0n) is 12.8. The maximum atomic E-state index is 13.3. The van der Waals surface area contributed by atoms with Crippen LogP contribution in [0.3, 0.4) is 0 Å². The van der Waals surface area contributed by atoms with Crippen LogP contribution in [0.4, 0.5) is 4.39 Å². The second kappa shape index (κ2) is 6.91. The van der Waals surface area contributed by atoms with E-state index in [2.05, 4.69) is 9.71 Å². The number of fused-ring (bicyclic) bond motifs is 1. The molecule has 3 rings (SSSR count). The lowest BCUT2D eigenvalue weighted by Crippen LogP contribution is -2.31. The van der Waals surface area contributed by atoms with Crippen LogP contribution in [0.1, 0.15) is 0 Å².